The Hall–Kier alpha value is -1.96. The minimum Gasteiger partial charge on any atom is -0.387 e. The van der Waals surface area contributed by atoms with E-state index >= 15 is 0 Å². The smallest absolute Gasteiger partial charge is 0.223 e. The Morgan fingerprint density at radius 2 is 1.85 bits per heavy atom. The highest BCUT2D eigenvalue weighted by molar-refractivity contribution is 7.99. The molecule has 0 amide bonds. The lowest BCUT2D eigenvalue weighted by Crippen LogP contribution is -2.15. The first-order chi connectivity index (χ1) is 12.3. The second-order valence-corrected chi connectivity index (χ2v) is 6.67. The molecule has 0 saturated carbocycles. The third kappa shape index (κ3) is 5.03. The van der Waals surface area contributed by atoms with Crippen molar-refractivity contribution in [3.8, 4) is 11.1 Å². The Kier molecular flexibility index (Phi) is 7.14. The predicted molar refractivity (Wildman–Crippen MR) is 113 cm³/mol. The van der Waals surface area contributed by atoms with Crippen molar-refractivity contribution in [2.24, 2.45) is 15.7 Å². The van der Waals surface area contributed by atoms with E-state index in [0.717, 1.165) is 0 Å². The molecule has 0 atom stereocenters. The van der Waals surface area contributed by atoms with Crippen LogP contribution in [-0.2, 0) is 0 Å². The predicted octanol–water partition coefficient (Wildman–Crippen LogP) is 5.26. The summed E-state index contributed by atoms with van der Waals surface area (Å²) in [5.74, 6) is 0.295. The van der Waals surface area contributed by atoms with Gasteiger partial charge in [0.1, 0.15) is 5.82 Å². The summed E-state index contributed by atoms with van der Waals surface area (Å²) in [5, 5.41) is 3.72. The van der Waals surface area contributed by atoms with Crippen LogP contribution in [0.3, 0.4) is 0 Å². The number of aliphatic imine (C=N–C) groups is 2. The van der Waals surface area contributed by atoms with Crippen LogP contribution in [0.5, 0.6) is 0 Å². The molecule has 2 rings (SSSR count). The lowest BCUT2D eigenvalue weighted by atomic mass is 10.0. The number of hydrogen-bond acceptors (Lipinski definition) is 3. The molecule has 26 heavy (non-hydrogen) atoms. The zero-order valence-electron chi connectivity index (χ0n) is 14.4. The van der Waals surface area contributed by atoms with Crippen LogP contribution in [0.2, 0.25) is 10.0 Å². The van der Waals surface area contributed by atoms with Crippen molar-refractivity contribution < 1.29 is 4.39 Å². The number of amidine groups is 1. The fraction of sp³-hybridized carbons (Fsp3) is 0.176. The molecule has 0 aliphatic carbocycles. The number of nitrogens with zero attached hydrogens (tertiary/aromatic N) is 2. The van der Waals surface area contributed by atoms with Crippen LogP contribution in [0.15, 0.2) is 40.3 Å². The summed E-state index contributed by atoms with van der Waals surface area (Å²) in [4.78, 5) is 8.05. The van der Waals surface area contributed by atoms with Crippen LogP contribution >= 0.6 is 35.1 Å². The van der Waals surface area contributed by atoms with Crippen molar-refractivity contribution in [1.29, 1.82) is 0 Å². The third-order valence-corrected chi connectivity index (χ3v) is 4.28. The summed E-state index contributed by atoms with van der Waals surface area (Å²) in [5.41, 5.74) is 7.68. The minimum absolute atomic E-state index is 0.323. The van der Waals surface area contributed by atoms with Crippen molar-refractivity contribution in [2.75, 3.05) is 23.3 Å². The van der Waals surface area contributed by atoms with Gasteiger partial charge in [-0.15, -0.1) is 0 Å². The lowest BCUT2D eigenvalue weighted by Gasteiger charge is -2.13. The molecule has 0 heterocycles. The van der Waals surface area contributed by atoms with E-state index in [1.54, 1.807) is 38.2 Å². The van der Waals surface area contributed by atoms with Gasteiger partial charge in [-0.25, -0.2) is 9.38 Å². The highest BCUT2D eigenvalue weighted by atomic mass is 35.5. The van der Waals surface area contributed by atoms with Gasteiger partial charge in [0.25, 0.3) is 0 Å². The van der Waals surface area contributed by atoms with Crippen molar-refractivity contribution in [3.63, 3.8) is 0 Å². The minimum atomic E-state index is -0.389. The Bertz CT molecular complexity index is 843. The maximum Gasteiger partial charge on any atom is 0.223 e. The Labute approximate surface area is 166 Å². The normalized spacial score (nSPS) is 12.2. The molecule has 2 aromatic rings. The van der Waals surface area contributed by atoms with Gasteiger partial charge < -0.3 is 15.8 Å². The van der Waals surface area contributed by atoms with Gasteiger partial charge in [-0.2, -0.15) is 0 Å². The van der Waals surface area contributed by atoms with Crippen molar-refractivity contribution in [3.05, 3.63) is 46.2 Å². The van der Waals surface area contributed by atoms with E-state index in [9.17, 15) is 4.39 Å². The highest BCUT2D eigenvalue weighted by Crippen LogP contribution is 2.38. The molecule has 5 nitrogen and oxygen atoms in total. The number of benzene rings is 2. The summed E-state index contributed by atoms with van der Waals surface area (Å²) in [6.45, 7) is 1.65. The number of nitrogens with two attached hydrogens (primary N) is 1. The van der Waals surface area contributed by atoms with E-state index in [4.69, 9.17) is 28.9 Å². The Morgan fingerprint density at radius 1 is 1.19 bits per heavy atom. The average molecular weight is 414 g/mol. The first-order valence-corrected chi connectivity index (χ1v) is 9.46. The first kappa shape index (κ1) is 20.4. The summed E-state index contributed by atoms with van der Waals surface area (Å²) < 4.78 is 17.1. The van der Waals surface area contributed by atoms with Gasteiger partial charge in [0.2, 0.25) is 5.96 Å². The number of anilines is 2. The number of rotatable bonds is 4. The maximum absolute atomic E-state index is 14.2. The van der Waals surface area contributed by atoms with Gasteiger partial charge in [0.15, 0.2) is 0 Å². The van der Waals surface area contributed by atoms with Crippen molar-refractivity contribution in [2.45, 2.75) is 6.92 Å². The van der Waals surface area contributed by atoms with E-state index < -0.39 is 0 Å². The highest BCUT2D eigenvalue weighted by Gasteiger charge is 2.13. The third-order valence-electron chi connectivity index (χ3n) is 3.26. The zero-order valence-corrected chi connectivity index (χ0v) is 16.7. The SMILES string of the molecule is CN=C(N=C(C)N)Nc1cc(Cl)c(-c2ccc(NSC)c(F)c2)c(Cl)c1. The largest absolute Gasteiger partial charge is 0.387 e. The van der Waals surface area contributed by atoms with Crippen molar-refractivity contribution >= 4 is 58.3 Å². The van der Waals surface area contributed by atoms with Crippen LogP contribution in [0.1, 0.15) is 6.92 Å². The van der Waals surface area contributed by atoms with Gasteiger partial charge in [0.05, 0.1) is 21.6 Å². The molecule has 0 aliphatic rings. The standard InChI is InChI=1S/C17H18Cl2FN5S/c1-9(21)23-17(22-2)24-11-7-12(18)16(13(19)8-11)10-4-5-15(25-26-3)14(20)6-10/h4-8,25H,1-3H3,(H3,21,22,23,24). The van der Waals surface area contributed by atoms with Crippen molar-refractivity contribution in [1.82, 2.24) is 0 Å². The molecule has 0 unspecified atom stereocenters. The monoisotopic (exact) mass is 413 g/mol. The molecule has 0 fully saturated rings. The van der Waals surface area contributed by atoms with Gasteiger partial charge >= 0.3 is 0 Å². The molecule has 0 bridgehead atoms. The topological polar surface area (TPSA) is 74.8 Å². The maximum atomic E-state index is 14.2. The molecule has 0 aliphatic heterocycles. The van der Waals surface area contributed by atoms with E-state index in [2.05, 4.69) is 20.0 Å². The van der Waals surface area contributed by atoms with E-state index in [1.807, 2.05) is 6.26 Å². The molecule has 4 N–H and O–H groups in total. The van der Waals surface area contributed by atoms with Crippen LogP contribution in [0.4, 0.5) is 15.8 Å². The molecule has 0 radical (unpaired) electrons. The number of guanidine groups is 1. The summed E-state index contributed by atoms with van der Waals surface area (Å²) in [6.07, 6.45) is 1.82. The zero-order chi connectivity index (χ0) is 19.3. The molecule has 9 heteroatoms. The van der Waals surface area contributed by atoms with Crippen LogP contribution in [0.25, 0.3) is 11.1 Å². The fourth-order valence-corrected chi connectivity index (χ4v) is 3.31. The second-order valence-electron chi connectivity index (χ2n) is 5.24. The van der Waals surface area contributed by atoms with E-state index in [0.29, 0.717) is 44.3 Å². The van der Waals surface area contributed by atoms with Crippen LogP contribution < -0.4 is 15.8 Å². The van der Waals surface area contributed by atoms with Gasteiger partial charge in [-0.05, 0) is 36.8 Å². The molecular formula is C17H18Cl2FN5S. The van der Waals surface area contributed by atoms with Gasteiger partial charge in [-0.3, -0.25) is 4.99 Å². The Balaban J connectivity index is 2.38. The number of halogens is 3. The quantitative estimate of drug-likeness (QED) is 0.362. The van der Waals surface area contributed by atoms with Gasteiger partial charge in [0, 0.05) is 24.6 Å². The average Bonchev–Trinajstić information content (AvgIpc) is 2.55. The van der Waals surface area contributed by atoms with E-state index in [-0.39, 0.29) is 5.82 Å². The molecule has 138 valence electrons. The molecule has 2 aromatic carbocycles. The molecule has 0 spiro atoms. The van der Waals surface area contributed by atoms with Gasteiger partial charge in [-0.1, -0.05) is 41.2 Å². The summed E-state index contributed by atoms with van der Waals surface area (Å²) >= 11 is 14.1. The Morgan fingerprint density at radius 3 is 2.35 bits per heavy atom. The molecule has 0 aromatic heterocycles. The number of nitrogens with one attached hydrogen (secondary N) is 2. The first-order valence-electron chi connectivity index (χ1n) is 7.48. The fourth-order valence-electron chi connectivity index (χ4n) is 2.21. The number of hydrogen-bond donors (Lipinski definition) is 3. The second kappa shape index (κ2) is 9.12. The summed E-state index contributed by atoms with van der Waals surface area (Å²) in [7, 11) is 1.58. The molecule has 0 saturated heterocycles. The lowest BCUT2D eigenvalue weighted by molar-refractivity contribution is 0.633. The molecular weight excluding hydrogens is 396 g/mol. The van der Waals surface area contributed by atoms with E-state index in [1.165, 1.54) is 18.0 Å². The van der Waals surface area contributed by atoms with Crippen LogP contribution in [0, 0.1) is 5.82 Å². The van der Waals surface area contributed by atoms with Crippen LogP contribution in [-0.4, -0.2) is 25.1 Å². The summed E-state index contributed by atoms with van der Waals surface area (Å²) in [6, 6.07) is 8.12.